The zero-order chi connectivity index (χ0) is 14.7. The van der Waals surface area contributed by atoms with Gasteiger partial charge in [-0.15, -0.1) is 0 Å². The van der Waals surface area contributed by atoms with Crippen LogP contribution in [0.1, 0.15) is 48.5 Å². The van der Waals surface area contributed by atoms with Gasteiger partial charge in [-0.05, 0) is 37.0 Å². The van der Waals surface area contributed by atoms with E-state index in [4.69, 9.17) is 0 Å². The van der Waals surface area contributed by atoms with Crippen LogP contribution in [-0.4, -0.2) is 21.9 Å². The first kappa shape index (κ1) is 13.9. The largest absolute Gasteiger partial charge is 0.383 e. The molecule has 1 aromatic heterocycles. The molecule has 0 saturated carbocycles. The Balaban J connectivity index is 2.03. The van der Waals surface area contributed by atoms with Gasteiger partial charge in [-0.25, -0.2) is 4.98 Å². The van der Waals surface area contributed by atoms with Gasteiger partial charge in [-0.3, -0.25) is 4.79 Å². The van der Waals surface area contributed by atoms with Crippen LogP contribution < -0.4 is 5.32 Å². The summed E-state index contributed by atoms with van der Waals surface area (Å²) >= 11 is 0. The molecule has 2 heterocycles. The molecule has 110 valence electrons. The van der Waals surface area contributed by atoms with Crippen LogP contribution in [0.4, 0.5) is 5.69 Å². The van der Waals surface area contributed by atoms with Gasteiger partial charge in [-0.1, -0.05) is 13.3 Å². The molecule has 2 aromatic rings. The first-order chi connectivity index (χ1) is 10.3. The molecule has 0 spiro atoms. The Hall–Kier alpha value is -2.10. The van der Waals surface area contributed by atoms with Crippen LogP contribution in [-0.2, 0) is 6.42 Å². The van der Waals surface area contributed by atoms with Gasteiger partial charge >= 0.3 is 0 Å². The fourth-order valence-corrected chi connectivity index (χ4v) is 2.83. The molecule has 0 fully saturated rings. The summed E-state index contributed by atoms with van der Waals surface area (Å²) in [6.07, 6.45) is 10.2. The molecule has 3 rings (SSSR count). The molecule has 0 aliphatic carbocycles. The third-order valence-corrected chi connectivity index (χ3v) is 3.99. The molecular formula is C17H21N3O. The van der Waals surface area contributed by atoms with Gasteiger partial charge in [0.25, 0.3) is 0 Å². The van der Waals surface area contributed by atoms with Crippen molar-refractivity contribution in [2.45, 2.75) is 39.0 Å². The minimum absolute atomic E-state index is 0.242. The van der Waals surface area contributed by atoms with Crippen molar-refractivity contribution in [3.05, 3.63) is 42.0 Å². The quantitative estimate of drug-likeness (QED) is 0.853. The van der Waals surface area contributed by atoms with Crippen LogP contribution in [0.15, 0.2) is 30.9 Å². The highest BCUT2D eigenvalue weighted by Crippen LogP contribution is 2.31. The minimum atomic E-state index is 0.242. The number of imidazole rings is 1. The highest BCUT2D eigenvalue weighted by molar-refractivity contribution is 5.98. The maximum absolute atomic E-state index is 12.4. The summed E-state index contributed by atoms with van der Waals surface area (Å²) in [7, 11) is 0. The average molecular weight is 283 g/mol. The van der Waals surface area contributed by atoms with E-state index >= 15 is 0 Å². The Bertz CT molecular complexity index is 632. The summed E-state index contributed by atoms with van der Waals surface area (Å²) in [6, 6.07) is 4.07. The Morgan fingerprint density at radius 3 is 3.10 bits per heavy atom. The van der Waals surface area contributed by atoms with Gasteiger partial charge in [0.15, 0.2) is 5.78 Å². The fraction of sp³-hybridized carbons (Fsp3) is 0.412. The van der Waals surface area contributed by atoms with E-state index < -0.39 is 0 Å². The average Bonchev–Trinajstić information content (AvgIpc) is 3.05. The Kier molecular flexibility index (Phi) is 4.04. The summed E-state index contributed by atoms with van der Waals surface area (Å²) in [4.78, 5) is 16.5. The smallest absolute Gasteiger partial charge is 0.162 e. The second-order valence-corrected chi connectivity index (χ2v) is 5.56. The van der Waals surface area contributed by atoms with E-state index in [-0.39, 0.29) is 5.78 Å². The van der Waals surface area contributed by atoms with E-state index in [0.717, 1.165) is 49.2 Å². The number of nitrogens with one attached hydrogen (secondary N) is 1. The van der Waals surface area contributed by atoms with Crippen LogP contribution >= 0.6 is 0 Å². The normalized spacial score (nSPS) is 13.6. The summed E-state index contributed by atoms with van der Waals surface area (Å²) in [5, 5.41) is 3.47. The number of hydrogen-bond acceptors (Lipinski definition) is 3. The molecular weight excluding hydrogens is 262 g/mol. The lowest BCUT2D eigenvalue weighted by atomic mass is 9.96. The maximum atomic E-state index is 12.4. The van der Waals surface area contributed by atoms with Crippen LogP contribution in [0.2, 0.25) is 0 Å². The van der Waals surface area contributed by atoms with Gasteiger partial charge in [0, 0.05) is 30.9 Å². The number of nitrogens with zero attached hydrogens (tertiary/aromatic N) is 2. The van der Waals surface area contributed by atoms with Gasteiger partial charge in [0.2, 0.25) is 0 Å². The molecule has 0 unspecified atom stereocenters. The number of anilines is 1. The van der Waals surface area contributed by atoms with Crippen molar-refractivity contribution in [2.75, 3.05) is 11.9 Å². The van der Waals surface area contributed by atoms with E-state index in [1.807, 2.05) is 16.8 Å². The number of benzene rings is 1. The second kappa shape index (κ2) is 6.12. The SMILES string of the molecule is CCCCC(=O)c1cc2c(c(-n3ccnc3)c1)NCCC2. The number of fused-ring (bicyclic) bond motifs is 1. The fourth-order valence-electron chi connectivity index (χ4n) is 2.83. The summed E-state index contributed by atoms with van der Waals surface area (Å²) in [5.41, 5.74) is 4.25. The third-order valence-electron chi connectivity index (χ3n) is 3.99. The van der Waals surface area contributed by atoms with Crippen molar-refractivity contribution in [1.82, 2.24) is 9.55 Å². The molecule has 1 aliphatic heterocycles. The predicted octanol–water partition coefficient (Wildman–Crippen LogP) is 3.60. The molecule has 1 aromatic carbocycles. The van der Waals surface area contributed by atoms with Crippen LogP contribution in [0.5, 0.6) is 0 Å². The van der Waals surface area contributed by atoms with Crippen molar-refractivity contribution < 1.29 is 4.79 Å². The van der Waals surface area contributed by atoms with E-state index in [9.17, 15) is 4.79 Å². The number of hydrogen-bond donors (Lipinski definition) is 1. The second-order valence-electron chi connectivity index (χ2n) is 5.56. The standard InChI is InChI=1S/C17H21N3O/c1-2-3-6-16(21)14-10-13-5-4-7-19-17(13)15(11-14)20-9-8-18-12-20/h8-12,19H,2-7H2,1H3. The van der Waals surface area contributed by atoms with E-state index in [2.05, 4.69) is 23.3 Å². The summed E-state index contributed by atoms with van der Waals surface area (Å²) in [5.74, 6) is 0.242. The van der Waals surface area contributed by atoms with Crippen LogP contribution in [0.3, 0.4) is 0 Å². The maximum Gasteiger partial charge on any atom is 0.162 e. The molecule has 21 heavy (non-hydrogen) atoms. The molecule has 1 aliphatic rings. The number of Topliss-reactive ketones (excluding diaryl/α,β-unsaturated/α-hetero) is 1. The molecule has 0 bridgehead atoms. The molecule has 4 heteroatoms. The number of ketones is 1. The zero-order valence-corrected chi connectivity index (χ0v) is 12.4. The number of aromatic nitrogens is 2. The molecule has 1 N–H and O–H groups in total. The van der Waals surface area contributed by atoms with Gasteiger partial charge in [0.1, 0.15) is 0 Å². The lowest BCUT2D eigenvalue weighted by Crippen LogP contribution is -2.16. The minimum Gasteiger partial charge on any atom is -0.383 e. The molecule has 4 nitrogen and oxygen atoms in total. The lowest BCUT2D eigenvalue weighted by molar-refractivity contribution is 0.0979. The first-order valence-corrected chi connectivity index (χ1v) is 7.72. The van der Waals surface area contributed by atoms with Crippen molar-refractivity contribution in [3.63, 3.8) is 0 Å². The molecule has 0 saturated heterocycles. The lowest BCUT2D eigenvalue weighted by Gasteiger charge is -2.22. The topological polar surface area (TPSA) is 46.9 Å². The van der Waals surface area contributed by atoms with Crippen molar-refractivity contribution in [3.8, 4) is 5.69 Å². The van der Waals surface area contributed by atoms with Gasteiger partial charge in [-0.2, -0.15) is 0 Å². The van der Waals surface area contributed by atoms with E-state index in [0.29, 0.717) is 6.42 Å². The predicted molar refractivity (Wildman–Crippen MR) is 84.2 cm³/mol. The molecule has 0 amide bonds. The Labute approximate surface area is 125 Å². The number of unbranched alkanes of at least 4 members (excludes halogenated alkanes) is 1. The van der Waals surface area contributed by atoms with Crippen molar-refractivity contribution in [2.24, 2.45) is 0 Å². The number of rotatable bonds is 5. The van der Waals surface area contributed by atoms with Crippen LogP contribution in [0.25, 0.3) is 5.69 Å². The number of aryl methyl sites for hydroxylation is 1. The van der Waals surface area contributed by atoms with E-state index in [1.165, 1.54) is 5.56 Å². The summed E-state index contributed by atoms with van der Waals surface area (Å²) in [6.45, 7) is 3.10. The highest BCUT2D eigenvalue weighted by Gasteiger charge is 2.18. The zero-order valence-electron chi connectivity index (χ0n) is 12.4. The number of carbonyl (C=O) groups is 1. The van der Waals surface area contributed by atoms with Crippen molar-refractivity contribution in [1.29, 1.82) is 0 Å². The first-order valence-electron chi connectivity index (χ1n) is 7.72. The van der Waals surface area contributed by atoms with Crippen LogP contribution in [0, 0.1) is 0 Å². The third kappa shape index (κ3) is 2.84. The van der Waals surface area contributed by atoms with Gasteiger partial charge in [0.05, 0.1) is 17.7 Å². The summed E-state index contributed by atoms with van der Waals surface area (Å²) < 4.78 is 1.98. The Morgan fingerprint density at radius 2 is 2.33 bits per heavy atom. The van der Waals surface area contributed by atoms with Crippen molar-refractivity contribution >= 4 is 11.5 Å². The molecule has 0 radical (unpaired) electrons. The van der Waals surface area contributed by atoms with Gasteiger partial charge < -0.3 is 9.88 Å². The number of carbonyl (C=O) groups excluding carboxylic acids is 1. The molecule has 0 atom stereocenters. The van der Waals surface area contributed by atoms with E-state index in [1.54, 1.807) is 12.5 Å². The Morgan fingerprint density at radius 1 is 1.43 bits per heavy atom. The highest BCUT2D eigenvalue weighted by atomic mass is 16.1. The monoisotopic (exact) mass is 283 g/mol.